The summed E-state index contributed by atoms with van der Waals surface area (Å²) < 4.78 is 10.7. The molecule has 0 spiro atoms. The fourth-order valence-corrected chi connectivity index (χ4v) is 7.91. The molecular weight excluding hydrogens is 711 g/mol. The number of carbonyl (C=O) groups excluding carboxylic acids is 2. The lowest BCUT2D eigenvalue weighted by molar-refractivity contribution is -0.144. The molecule has 0 aromatic rings. The van der Waals surface area contributed by atoms with Gasteiger partial charge in [-0.25, -0.2) is 0 Å². The summed E-state index contributed by atoms with van der Waals surface area (Å²) in [5.41, 5.74) is 0. The first-order chi connectivity index (χ1) is 27.9. The van der Waals surface area contributed by atoms with Gasteiger partial charge in [-0.05, 0) is 89.1 Å². The van der Waals surface area contributed by atoms with Crippen molar-refractivity contribution in [3.63, 3.8) is 0 Å². The van der Waals surface area contributed by atoms with Crippen molar-refractivity contribution in [3.8, 4) is 0 Å². The van der Waals surface area contributed by atoms with Crippen LogP contribution in [0.1, 0.15) is 246 Å². The van der Waals surface area contributed by atoms with E-state index in [2.05, 4.69) is 32.6 Å². The van der Waals surface area contributed by atoms with Gasteiger partial charge in [0.25, 0.3) is 0 Å². The third kappa shape index (κ3) is 45.9. The number of carbonyl (C=O) groups is 2. The summed E-state index contributed by atoms with van der Waals surface area (Å²) in [6.45, 7) is 13.3. The standard InChI is InChI=1S/C34H69NO5.C16H32O/c1-4-6-8-9-14-22-32(21-13-7-5-2)24-25-34(38)40-30-19-11-10-16-26-35(27-17-12-18-28-36)31-33(37)23-15-20-29-39-3;1-3-5-7-8-10-13-16(14-11-15-17)12-9-6-4-2/h32-33,36-37H,4-31H2,1-3H3;15-16H,3-14H2,1-2H3. The van der Waals surface area contributed by atoms with Crippen LogP contribution in [0.5, 0.6) is 0 Å². The zero-order valence-corrected chi connectivity index (χ0v) is 39.1. The molecule has 0 aromatic carbocycles. The molecule has 0 rings (SSSR count). The van der Waals surface area contributed by atoms with Gasteiger partial charge in [-0.1, -0.05) is 169 Å². The Kier molecular flexibility index (Phi) is 50.3. The highest BCUT2D eigenvalue weighted by Gasteiger charge is 2.14. The van der Waals surface area contributed by atoms with E-state index >= 15 is 0 Å². The average molecular weight is 812 g/mol. The van der Waals surface area contributed by atoms with E-state index in [1.807, 2.05) is 0 Å². The van der Waals surface area contributed by atoms with E-state index in [0.29, 0.717) is 18.9 Å². The molecule has 0 radical (unpaired) electrons. The maximum absolute atomic E-state index is 12.4. The largest absolute Gasteiger partial charge is 0.466 e. The summed E-state index contributed by atoms with van der Waals surface area (Å²) in [6, 6.07) is 0. The second-order valence-electron chi connectivity index (χ2n) is 17.3. The lowest BCUT2D eigenvalue weighted by Gasteiger charge is -2.25. The van der Waals surface area contributed by atoms with Gasteiger partial charge in [-0.3, -0.25) is 4.79 Å². The molecule has 0 aliphatic carbocycles. The SMILES string of the molecule is CCCCCCCC(CCC=O)CCCCC.CCCCCCCC(CCCCC)CCC(=O)OCCCCCCN(CCCCCO)CC(O)CCCCOC. The zero-order valence-electron chi connectivity index (χ0n) is 39.1. The maximum atomic E-state index is 12.4. The molecule has 57 heavy (non-hydrogen) atoms. The van der Waals surface area contributed by atoms with Crippen molar-refractivity contribution in [1.29, 1.82) is 0 Å². The van der Waals surface area contributed by atoms with Crippen LogP contribution in [0.4, 0.5) is 0 Å². The molecule has 0 aliphatic rings. The van der Waals surface area contributed by atoms with Crippen LogP contribution in [0.15, 0.2) is 0 Å². The van der Waals surface area contributed by atoms with Crippen LogP contribution in [-0.4, -0.2) is 80.0 Å². The Hall–Kier alpha value is -1.02. The van der Waals surface area contributed by atoms with Gasteiger partial charge in [0.15, 0.2) is 0 Å². The molecule has 0 aromatic heterocycles. The lowest BCUT2D eigenvalue weighted by atomic mass is 9.90. The van der Waals surface area contributed by atoms with Gasteiger partial charge < -0.3 is 29.4 Å². The first kappa shape index (κ1) is 58.1. The van der Waals surface area contributed by atoms with Gasteiger partial charge in [-0.15, -0.1) is 0 Å². The third-order valence-corrected chi connectivity index (χ3v) is 11.7. The Bertz CT molecular complexity index is 782. The molecule has 0 amide bonds. The molecule has 0 fully saturated rings. The smallest absolute Gasteiger partial charge is 0.305 e. The van der Waals surface area contributed by atoms with Crippen molar-refractivity contribution in [2.75, 3.05) is 46.6 Å². The second-order valence-corrected chi connectivity index (χ2v) is 17.3. The van der Waals surface area contributed by atoms with Crippen LogP contribution in [0.3, 0.4) is 0 Å². The predicted molar refractivity (Wildman–Crippen MR) is 245 cm³/mol. The lowest BCUT2D eigenvalue weighted by Crippen LogP contribution is -2.34. The molecular formula is C50H101NO6. The number of aliphatic hydroxyl groups is 2. The fraction of sp³-hybridized carbons (Fsp3) is 0.960. The maximum Gasteiger partial charge on any atom is 0.305 e. The molecule has 7 nitrogen and oxygen atoms in total. The van der Waals surface area contributed by atoms with Crippen molar-refractivity contribution < 1.29 is 29.3 Å². The molecule has 3 atom stereocenters. The van der Waals surface area contributed by atoms with Crippen LogP contribution in [0.2, 0.25) is 0 Å². The number of aliphatic hydroxyl groups excluding tert-OH is 2. The molecule has 0 saturated heterocycles. The number of rotatable bonds is 45. The van der Waals surface area contributed by atoms with Gasteiger partial charge in [0, 0.05) is 39.7 Å². The zero-order chi connectivity index (χ0) is 42.3. The number of methoxy groups -OCH3 is 1. The van der Waals surface area contributed by atoms with E-state index < -0.39 is 0 Å². The first-order valence-electron chi connectivity index (χ1n) is 25.0. The molecule has 0 heterocycles. The summed E-state index contributed by atoms with van der Waals surface area (Å²) >= 11 is 0. The minimum atomic E-state index is -0.290. The molecule has 7 heteroatoms. The quantitative estimate of drug-likeness (QED) is 0.0359. The predicted octanol–water partition coefficient (Wildman–Crippen LogP) is 13.6. The third-order valence-electron chi connectivity index (χ3n) is 11.7. The van der Waals surface area contributed by atoms with E-state index in [1.165, 1.54) is 128 Å². The molecule has 0 bridgehead atoms. The minimum absolute atomic E-state index is 0.0139. The van der Waals surface area contributed by atoms with Crippen LogP contribution in [0.25, 0.3) is 0 Å². The summed E-state index contributed by atoms with van der Waals surface area (Å²) in [7, 11) is 1.72. The second kappa shape index (κ2) is 49.3. The fourth-order valence-electron chi connectivity index (χ4n) is 7.91. The van der Waals surface area contributed by atoms with Crippen molar-refractivity contribution in [2.45, 2.75) is 252 Å². The summed E-state index contributed by atoms with van der Waals surface area (Å²) in [4.78, 5) is 25.2. The van der Waals surface area contributed by atoms with E-state index in [1.54, 1.807) is 7.11 Å². The molecule has 342 valence electrons. The van der Waals surface area contributed by atoms with Crippen molar-refractivity contribution in [2.24, 2.45) is 11.8 Å². The number of ether oxygens (including phenoxy) is 2. The Morgan fingerprint density at radius 3 is 1.51 bits per heavy atom. The minimum Gasteiger partial charge on any atom is -0.466 e. The number of aldehydes is 1. The number of nitrogens with zero attached hydrogens (tertiary/aromatic N) is 1. The van der Waals surface area contributed by atoms with E-state index in [4.69, 9.17) is 14.6 Å². The Morgan fingerprint density at radius 2 is 0.982 bits per heavy atom. The van der Waals surface area contributed by atoms with Crippen LogP contribution < -0.4 is 0 Å². The van der Waals surface area contributed by atoms with E-state index in [9.17, 15) is 14.7 Å². The van der Waals surface area contributed by atoms with Crippen LogP contribution in [-0.2, 0) is 19.1 Å². The number of hydrogen-bond donors (Lipinski definition) is 2. The molecule has 0 saturated carbocycles. The monoisotopic (exact) mass is 812 g/mol. The van der Waals surface area contributed by atoms with Crippen LogP contribution in [0, 0.1) is 11.8 Å². The Morgan fingerprint density at radius 1 is 0.544 bits per heavy atom. The molecule has 2 N–H and O–H groups in total. The number of esters is 1. The van der Waals surface area contributed by atoms with Crippen molar-refractivity contribution in [3.05, 3.63) is 0 Å². The van der Waals surface area contributed by atoms with Gasteiger partial charge in [0.2, 0.25) is 0 Å². The van der Waals surface area contributed by atoms with Crippen molar-refractivity contribution in [1.82, 2.24) is 4.90 Å². The highest BCUT2D eigenvalue weighted by atomic mass is 16.5. The average Bonchev–Trinajstić information content (AvgIpc) is 3.21. The highest BCUT2D eigenvalue weighted by molar-refractivity contribution is 5.69. The Balaban J connectivity index is 0. The molecule has 3 unspecified atom stereocenters. The van der Waals surface area contributed by atoms with E-state index in [-0.39, 0.29) is 18.7 Å². The number of hydrogen-bond acceptors (Lipinski definition) is 7. The molecule has 0 aliphatic heterocycles. The summed E-state index contributed by atoms with van der Waals surface area (Å²) in [5.74, 6) is 1.48. The van der Waals surface area contributed by atoms with Crippen molar-refractivity contribution >= 4 is 12.3 Å². The summed E-state index contributed by atoms with van der Waals surface area (Å²) in [5, 5.41) is 19.5. The number of unbranched alkanes of at least 4 members (excludes halogenated alkanes) is 18. The van der Waals surface area contributed by atoms with Gasteiger partial charge in [0.1, 0.15) is 6.29 Å². The summed E-state index contributed by atoms with van der Waals surface area (Å²) in [6.07, 6.45) is 40.8. The van der Waals surface area contributed by atoms with Crippen LogP contribution >= 0.6 is 0 Å². The normalized spacial score (nSPS) is 13.0. The van der Waals surface area contributed by atoms with E-state index in [0.717, 1.165) is 122 Å². The first-order valence-corrected chi connectivity index (χ1v) is 25.0. The van der Waals surface area contributed by atoms with Gasteiger partial charge in [-0.2, -0.15) is 0 Å². The topological polar surface area (TPSA) is 96.3 Å². The van der Waals surface area contributed by atoms with Gasteiger partial charge in [0.05, 0.1) is 12.7 Å². The Labute approximate surface area is 356 Å². The van der Waals surface area contributed by atoms with Gasteiger partial charge >= 0.3 is 5.97 Å². The highest BCUT2D eigenvalue weighted by Crippen LogP contribution is 2.24.